The summed E-state index contributed by atoms with van der Waals surface area (Å²) in [6, 6.07) is 1.84. The van der Waals surface area contributed by atoms with Crippen molar-refractivity contribution in [3.05, 3.63) is 18.0 Å². The van der Waals surface area contributed by atoms with Crippen molar-refractivity contribution in [1.82, 2.24) is 15.5 Å². The van der Waals surface area contributed by atoms with Crippen LogP contribution in [0.25, 0.3) is 0 Å². The van der Waals surface area contributed by atoms with E-state index in [4.69, 9.17) is 9.47 Å². The molecule has 1 aliphatic carbocycles. The zero-order chi connectivity index (χ0) is 16.3. The summed E-state index contributed by atoms with van der Waals surface area (Å²) >= 11 is 0. The van der Waals surface area contributed by atoms with Crippen LogP contribution in [0.5, 0.6) is 0 Å². The lowest BCUT2D eigenvalue weighted by Crippen LogP contribution is -2.56. The Labute approximate surface area is 135 Å². The van der Waals surface area contributed by atoms with Gasteiger partial charge in [-0.25, -0.2) is 0 Å². The molecule has 7 heteroatoms. The van der Waals surface area contributed by atoms with Crippen LogP contribution >= 0.6 is 0 Å². The van der Waals surface area contributed by atoms with Gasteiger partial charge in [-0.2, -0.15) is 5.10 Å². The largest absolute Gasteiger partial charge is 0.388 e. The zero-order valence-electron chi connectivity index (χ0n) is 13.5. The smallest absolute Gasteiger partial charge is 0.226 e. The molecule has 1 aromatic heterocycles. The molecule has 1 amide bonds. The number of amides is 1. The quantitative estimate of drug-likeness (QED) is 0.723. The number of aromatic nitrogens is 2. The molecule has 0 unspecified atom stereocenters. The number of rotatable bonds is 6. The molecular formula is C16H25N3O4. The van der Waals surface area contributed by atoms with E-state index in [1.807, 2.05) is 13.0 Å². The van der Waals surface area contributed by atoms with E-state index < -0.39 is 5.60 Å². The Morgan fingerprint density at radius 1 is 1.61 bits per heavy atom. The number of H-pyrrole nitrogens is 1. The summed E-state index contributed by atoms with van der Waals surface area (Å²) < 4.78 is 11.2. The SMILES string of the molecule is CCOC1CC(O)(CNC(=O)[C@@H]2CCCO[C@H]2c2ccn[nH]2)C1. The third-order valence-electron chi connectivity index (χ3n) is 4.70. The summed E-state index contributed by atoms with van der Waals surface area (Å²) in [6.07, 6.45) is 4.26. The lowest BCUT2D eigenvalue weighted by atomic mass is 9.77. The van der Waals surface area contributed by atoms with Crippen LogP contribution in [0.3, 0.4) is 0 Å². The molecule has 7 nitrogen and oxygen atoms in total. The van der Waals surface area contributed by atoms with Crippen LogP contribution in [-0.2, 0) is 14.3 Å². The van der Waals surface area contributed by atoms with Crippen molar-refractivity contribution in [2.75, 3.05) is 19.8 Å². The van der Waals surface area contributed by atoms with Crippen LogP contribution in [0.2, 0.25) is 0 Å². The molecule has 3 rings (SSSR count). The van der Waals surface area contributed by atoms with E-state index in [9.17, 15) is 9.90 Å². The van der Waals surface area contributed by atoms with Crippen LogP contribution < -0.4 is 5.32 Å². The van der Waals surface area contributed by atoms with Gasteiger partial charge in [0.25, 0.3) is 0 Å². The number of nitrogens with one attached hydrogen (secondary N) is 2. The molecule has 2 fully saturated rings. The Balaban J connectivity index is 1.53. The first kappa shape index (κ1) is 16.4. The van der Waals surface area contributed by atoms with Crippen molar-refractivity contribution >= 4 is 5.91 Å². The summed E-state index contributed by atoms with van der Waals surface area (Å²) in [5.41, 5.74) is -0.0160. The summed E-state index contributed by atoms with van der Waals surface area (Å²) in [6.45, 7) is 3.51. The van der Waals surface area contributed by atoms with Gasteiger partial charge in [-0.3, -0.25) is 9.89 Å². The summed E-state index contributed by atoms with van der Waals surface area (Å²) in [4.78, 5) is 12.5. The van der Waals surface area contributed by atoms with Gasteiger partial charge in [-0.05, 0) is 25.8 Å². The first-order valence-electron chi connectivity index (χ1n) is 8.34. The van der Waals surface area contributed by atoms with Gasteiger partial charge >= 0.3 is 0 Å². The van der Waals surface area contributed by atoms with Gasteiger partial charge < -0.3 is 19.9 Å². The molecule has 0 radical (unpaired) electrons. The van der Waals surface area contributed by atoms with E-state index in [0.717, 1.165) is 18.5 Å². The summed E-state index contributed by atoms with van der Waals surface area (Å²) in [7, 11) is 0. The molecule has 1 saturated carbocycles. The molecule has 1 aromatic rings. The van der Waals surface area contributed by atoms with E-state index in [1.165, 1.54) is 0 Å². The number of hydrogen-bond donors (Lipinski definition) is 3. The van der Waals surface area contributed by atoms with Gasteiger partial charge in [0.05, 0.1) is 23.3 Å². The highest BCUT2D eigenvalue weighted by atomic mass is 16.5. The highest BCUT2D eigenvalue weighted by Crippen LogP contribution is 2.35. The molecule has 128 valence electrons. The average molecular weight is 323 g/mol. The minimum atomic E-state index is -0.839. The fourth-order valence-electron chi connectivity index (χ4n) is 3.45. The van der Waals surface area contributed by atoms with Gasteiger partial charge in [0.2, 0.25) is 5.91 Å². The third kappa shape index (κ3) is 3.73. The van der Waals surface area contributed by atoms with Crippen molar-refractivity contribution < 1.29 is 19.4 Å². The van der Waals surface area contributed by atoms with E-state index in [2.05, 4.69) is 15.5 Å². The van der Waals surface area contributed by atoms with Crippen LogP contribution in [-0.4, -0.2) is 52.7 Å². The van der Waals surface area contributed by atoms with E-state index >= 15 is 0 Å². The number of nitrogens with zero attached hydrogens (tertiary/aromatic N) is 1. The second kappa shape index (κ2) is 6.98. The van der Waals surface area contributed by atoms with Crippen LogP contribution in [0.4, 0.5) is 0 Å². The van der Waals surface area contributed by atoms with Gasteiger partial charge in [-0.15, -0.1) is 0 Å². The monoisotopic (exact) mass is 323 g/mol. The maximum absolute atomic E-state index is 12.5. The Hall–Kier alpha value is -1.44. The fraction of sp³-hybridized carbons (Fsp3) is 0.750. The number of carbonyl (C=O) groups is 1. The molecule has 0 aromatic carbocycles. The van der Waals surface area contributed by atoms with Crippen LogP contribution in [0.15, 0.2) is 12.3 Å². The minimum absolute atomic E-state index is 0.0717. The predicted molar refractivity (Wildman–Crippen MR) is 82.6 cm³/mol. The van der Waals surface area contributed by atoms with Crippen LogP contribution in [0, 0.1) is 5.92 Å². The number of ether oxygens (including phenoxy) is 2. The zero-order valence-corrected chi connectivity index (χ0v) is 13.5. The van der Waals surface area contributed by atoms with E-state index in [0.29, 0.717) is 26.1 Å². The normalized spacial score (nSPS) is 33.9. The molecular weight excluding hydrogens is 298 g/mol. The molecule has 2 heterocycles. The summed E-state index contributed by atoms with van der Waals surface area (Å²) in [5, 5.41) is 20.1. The van der Waals surface area contributed by atoms with Gasteiger partial charge in [-0.1, -0.05) is 0 Å². The molecule has 1 aliphatic heterocycles. The van der Waals surface area contributed by atoms with Gasteiger partial charge in [0.15, 0.2) is 0 Å². The predicted octanol–water partition coefficient (Wildman–Crippen LogP) is 0.924. The average Bonchev–Trinajstić information content (AvgIpc) is 3.06. The second-order valence-electron chi connectivity index (χ2n) is 6.48. The van der Waals surface area contributed by atoms with Gasteiger partial charge in [0, 0.05) is 38.8 Å². The molecule has 3 N–H and O–H groups in total. The molecule has 0 bridgehead atoms. The standard InChI is InChI=1S/C16H25N3O4/c1-2-22-11-8-16(21,9-11)10-17-15(20)12-4-3-7-23-14(12)13-5-6-18-19-13/h5-6,11-12,14,21H,2-4,7-10H2,1H3,(H,17,20)(H,18,19)/t11?,12-,14-,16?/m1/s1. The Morgan fingerprint density at radius 2 is 2.43 bits per heavy atom. The van der Waals surface area contributed by atoms with Crippen molar-refractivity contribution in [3.8, 4) is 0 Å². The summed E-state index contributed by atoms with van der Waals surface area (Å²) in [5.74, 6) is -0.326. The fourth-order valence-corrected chi connectivity index (χ4v) is 3.45. The molecule has 0 spiro atoms. The number of hydrogen-bond acceptors (Lipinski definition) is 5. The first-order chi connectivity index (χ1) is 11.1. The number of aliphatic hydroxyl groups is 1. The van der Waals surface area contributed by atoms with Crippen molar-refractivity contribution in [3.63, 3.8) is 0 Å². The van der Waals surface area contributed by atoms with Crippen molar-refractivity contribution in [1.29, 1.82) is 0 Å². The lowest BCUT2D eigenvalue weighted by Gasteiger charge is -2.43. The van der Waals surface area contributed by atoms with Crippen molar-refractivity contribution in [2.45, 2.75) is 50.4 Å². The van der Waals surface area contributed by atoms with E-state index in [-0.39, 0.29) is 30.6 Å². The van der Waals surface area contributed by atoms with Gasteiger partial charge in [0.1, 0.15) is 6.10 Å². The topological polar surface area (TPSA) is 96.5 Å². The Morgan fingerprint density at radius 3 is 3.13 bits per heavy atom. The second-order valence-corrected chi connectivity index (χ2v) is 6.48. The molecule has 2 aliphatic rings. The highest BCUT2D eigenvalue weighted by Gasteiger charge is 2.44. The first-order valence-corrected chi connectivity index (χ1v) is 8.34. The van der Waals surface area contributed by atoms with E-state index in [1.54, 1.807) is 6.20 Å². The maximum Gasteiger partial charge on any atom is 0.226 e. The highest BCUT2D eigenvalue weighted by molar-refractivity contribution is 5.79. The number of carbonyl (C=O) groups excluding carboxylic acids is 1. The minimum Gasteiger partial charge on any atom is -0.388 e. The Bertz CT molecular complexity index is 513. The van der Waals surface area contributed by atoms with Crippen LogP contribution in [0.1, 0.15) is 44.4 Å². The number of aromatic amines is 1. The Kier molecular flexibility index (Phi) is 4.99. The van der Waals surface area contributed by atoms with Crippen molar-refractivity contribution in [2.24, 2.45) is 5.92 Å². The maximum atomic E-state index is 12.5. The third-order valence-corrected chi connectivity index (χ3v) is 4.70. The molecule has 23 heavy (non-hydrogen) atoms. The lowest BCUT2D eigenvalue weighted by molar-refractivity contribution is -0.147. The molecule has 1 saturated heterocycles. The molecule has 2 atom stereocenters.